The predicted molar refractivity (Wildman–Crippen MR) is 157 cm³/mol. The molecule has 0 heterocycles. The van der Waals surface area contributed by atoms with E-state index in [0.29, 0.717) is 0 Å². The molecule has 0 nitrogen and oxygen atoms in total. The second-order valence-electron chi connectivity index (χ2n) is 14.2. The Morgan fingerprint density at radius 2 is 0.514 bits per heavy atom. The first-order chi connectivity index (χ1) is 17.2. The summed E-state index contributed by atoms with van der Waals surface area (Å²) < 4.78 is 0. The third-order valence-corrected chi connectivity index (χ3v) is 10.8. The lowest BCUT2D eigenvalue weighted by atomic mass is 9.72. The molecule has 0 N–H and O–H groups in total. The van der Waals surface area contributed by atoms with Crippen molar-refractivity contribution in [3.8, 4) is 0 Å². The van der Waals surface area contributed by atoms with Crippen molar-refractivity contribution >= 4 is 0 Å². The van der Waals surface area contributed by atoms with Gasteiger partial charge in [-0.1, -0.05) is 174 Å². The van der Waals surface area contributed by atoms with E-state index in [1.54, 1.807) is 64.2 Å². The summed E-state index contributed by atoms with van der Waals surface area (Å²) in [4.78, 5) is 0. The summed E-state index contributed by atoms with van der Waals surface area (Å²) in [6.07, 6.45) is 41.1. The molecule has 0 saturated heterocycles. The van der Waals surface area contributed by atoms with Gasteiger partial charge in [0.05, 0.1) is 0 Å². The van der Waals surface area contributed by atoms with Crippen molar-refractivity contribution in [3.05, 3.63) is 0 Å². The van der Waals surface area contributed by atoms with Gasteiger partial charge in [-0.25, -0.2) is 0 Å². The molecule has 0 heteroatoms. The molecule has 35 heavy (non-hydrogen) atoms. The zero-order valence-electron chi connectivity index (χ0n) is 24.6. The summed E-state index contributed by atoms with van der Waals surface area (Å²) in [5.74, 6) is 6.72. The number of fused-ring (bicyclic) bond motifs is 4. The van der Waals surface area contributed by atoms with Crippen molar-refractivity contribution < 1.29 is 0 Å². The van der Waals surface area contributed by atoms with Crippen molar-refractivity contribution in [1.82, 2.24) is 0 Å². The second-order valence-corrected chi connectivity index (χ2v) is 14.2. The van der Waals surface area contributed by atoms with E-state index in [1.807, 2.05) is 0 Å². The van der Waals surface area contributed by atoms with Crippen LogP contribution >= 0.6 is 0 Å². The number of hydrogen-bond donors (Lipinski definition) is 0. The van der Waals surface area contributed by atoms with Crippen molar-refractivity contribution in [2.45, 2.75) is 187 Å². The van der Waals surface area contributed by atoms with Crippen molar-refractivity contribution in [2.75, 3.05) is 0 Å². The van der Waals surface area contributed by atoms with E-state index in [4.69, 9.17) is 0 Å². The predicted octanol–water partition coefficient (Wildman–Crippen LogP) is 12.3. The first-order valence-electron chi connectivity index (χ1n) is 17.2. The Morgan fingerprint density at radius 3 is 0.714 bits per heavy atom. The maximum absolute atomic E-state index is 2.34. The molecule has 206 valence electrons. The highest BCUT2D eigenvalue weighted by Gasteiger charge is 2.28. The second kappa shape index (κ2) is 18.3. The Labute approximate surface area is 222 Å². The largest absolute Gasteiger partial charge is 0.0625 e. The summed E-state index contributed by atoms with van der Waals surface area (Å²) in [6.45, 7) is 4.68. The van der Waals surface area contributed by atoms with Crippen molar-refractivity contribution in [1.29, 1.82) is 0 Å². The Morgan fingerprint density at radius 1 is 0.257 bits per heavy atom. The molecule has 7 rings (SSSR count). The molecule has 0 aliphatic heterocycles. The van der Waals surface area contributed by atoms with Gasteiger partial charge in [-0.3, -0.25) is 0 Å². The monoisotopic (exact) mass is 487 g/mol. The van der Waals surface area contributed by atoms with Crippen molar-refractivity contribution in [2.24, 2.45) is 35.5 Å². The molecule has 2 unspecified atom stereocenters. The van der Waals surface area contributed by atoms with Crippen molar-refractivity contribution in [3.63, 3.8) is 0 Å². The van der Waals surface area contributed by atoms with Gasteiger partial charge < -0.3 is 0 Å². The highest BCUT2D eigenvalue weighted by Crippen LogP contribution is 2.41. The minimum absolute atomic E-state index is 1.05. The van der Waals surface area contributed by atoms with Crippen LogP contribution in [0.2, 0.25) is 0 Å². The van der Waals surface area contributed by atoms with Crippen LogP contribution in [-0.4, -0.2) is 0 Å². The normalized spacial score (nSPS) is 34.1. The molecular weight excluding hydrogens is 420 g/mol. The van der Waals surface area contributed by atoms with Crippen LogP contribution in [0.4, 0.5) is 0 Å². The van der Waals surface area contributed by atoms with Gasteiger partial charge >= 0.3 is 0 Å². The molecule has 0 radical (unpaired) electrons. The topological polar surface area (TPSA) is 0 Å². The fourth-order valence-corrected chi connectivity index (χ4v) is 8.34. The number of rotatable bonds is 0. The average molecular weight is 487 g/mol. The van der Waals surface area contributed by atoms with E-state index in [9.17, 15) is 0 Å². The van der Waals surface area contributed by atoms with Crippen LogP contribution < -0.4 is 0 Å². The van der Waals surface area contributed by atoms with E-state index < -0.39 is 0 Å². The Bertz CT molecular complexity index is 419. The molecule has 0 aromatic heterocycles. The van der Waals surface area contributed by atoms with Crippen LogP contribution in [0.25, 0.3) is 0 Å². The molecule has 7 aliphatic rings. The third-order valence-electron chi connectivity index (χ3n) is 10.8. The van der Waals surface area contributed by atoms with Crippen LogP contribution in [0.1, 0.15) is 187 Å². The molecule has 2 atom stereocenters. The van der Waals surface area contributed by atoms with Crippen LogP contribution in [0, 0.1) is 35.5 Å². The van der Waals surface area contributed by atoms with E-state index in [1.165, 1.54) is 109 Å². The van der Waals surface area contributed by atoms with E-state index in [2.05, 4.69) is 13.8 Å². The Balaban J connectivity index is 0.000000124. The van der Waals surface area contributed by atoms with Crippen LogP contribution in [-0.2, 0) is 0 Å². The molecule has 0 spiro atoms. The van der Waals surface area contributed by atoms with Gasteiger partial charge in [-0.2, -0.15) is 0 Å². The van der Waals surface area contributed by atoms with Gasteiger partial charge in [0.15, 0.2) is 0 Å². The fraction of sp³-hybridized carbons (Fsp3) is 1.00. The number of hydrogen-bond acceptors (Lipinski definition) is 0. The molecule has 0 aromatic carbocycles. The lowest BCUT2D eigenvalue weighted by molar-refractivity contribution is 0.190. The first-order valence-corrected chi connectivity index (χ1v) is 17.2. The lowest BCUT2D eigenvalue weighted by Crippen LogP contribution is -2.20. The minimum atomic E-state index is 1.05. The Hall–Kier alpha value is 0. The SMILES string of the molecule is C1CC2CCC(C1)C2.C1CC2CCCC(C1)C2.C1CCCCC1.CC1CCCC1.CC1CCCC1. The van der Waals surface area contributed by atoms with Crippen LogP contribution in [0.5, 0.6) is 0 Å². The lowest BCUT2D eigenvalue weighted by Gasteiger charge is -2.33. The zero-order chi connectivity index (χ0) is 24.6. The van der Waals surface area contributed by atoms with Crippen LogP contribution in [0.3, 0.4) is 0 Å². The molecule has 0 amide bonds. The summed E-state index contributed by atoms with van der Waals surface area (Å²) in [5, 5.41) is 0. The fourth-order valence-electron chi connectivity index (χ4n) is 8.34. The zero-order valence-corrected chi connectivity index (χ0v) is 24.6. The van der Waals surface area contributed by atoms with Crippen LogP contribution in [0.15, 0.2) is 0 Å². The van der Waals surface area contributed by atoms with E-state index >= 15 is 0 Å². The molecule has 7 aliphatic carbocycles. The quantitative estimate of drug-likeness (QED) is 0.319. The Kier molecular flexibility index (Phi) is 15.4. The molecule has 4 bridgehead atoms. The smallest absolute Gasteiger partial charge is 0.0412 e. The molecular formula is C35H66. The molecule has 7 saturated carbocycles. The molecule has 7 fully saturated rings. The van der Waals surface area contributed by atoms with E-state index in [-0.39, 0.29) is 0 Å². The highest BCUT2D eigenvalue weighted by molar-refractivity contribution is 4.80. The molecule has 0 aromatic rings. The highest BCUT2D eigenvalue weighted by atomic mass is 14.3. The van der Waals surface area contributed by atoms with Gasteiger partial charge in [0, 0.05) is 0 Å². The maximum Gasteiger partial charge on any atom is -0.0412 e. The summed E-state index contributed by atoms with van der Waals surface area (Å²) >= 11 is 0. The summed E-state index contributed by atoms with van der Waals surface area (Å²) in [7, 11) is 0. The summed E-state index contributed by atoms with van der Waals surface area (Å²) in [5.41, 5.74) is 0. The van der Waals surface area contributed by atoms with Gasteiger partial charge in [0.25, 0.3) is 0 Å². The standard InChI is InChI=1S/C9H16.C8H14.3C6H12/c1-3-8-5-2-6-9(4-1)7-8;1-2-7-4-5-8(3-1)6-7;2*1-6-4-2-3-5-6;1-2-4-6-5-3-1/h8-9H,1-7H2;7-8H,1-6H2;2*6H,2-5H2,1H3;1-6H2. The summed E-state index contributed by atoms with van der Waals surface area (Å²) in [6, 6.07) is 0. The maximum atomic E-state index is 2.34. The first kappa shape index (κ1) is 29.6. The minimum Gasteiger partial charge on any atom is -0.0625 e. The van der Waals surface area contributed by atoms with Gasteiger partial charge in [0.2, 0.25) is 0 Å². The van der Waals surface area contributed by atoms with Gasteiger partial charge in [-0.15, -0.1) is 0 Å². The van der Waals surface area contributed by atoms with Gasteiger partial charge in [-0.05, 0) is 48.3 Å². The van der Waals surface area contributed by atoms with Gasteiger partial charge in [0.1, 0.15) is 0 Å². The average Bonchev–Trinajstić information content (AvgIpc) is 3.66. The van der Waals surface area contributed by atoms with E-state index in [0.717, 1.165) is 35.5 Å². The third kappa shape index (κ3) is 13.4.